The SMILES string of the molecule is CCCCOc1ccc2[nH]c(C)c(CN3CCN(Cc4ccc5c(c4)OCO5)CC3)c(=O)c2c1. The quantitative estimate of drug-likeness (QED) is 0.508. The van der Waals surface area contributed by atoms with Crippen LogP contribution >= 0.6 is 0 Å². The molecule has 7 heteroatoms. The van der Waals surface area contributed by atoms with E-state index < -0.39 is 0 Å². The second-order valence-corrected chi connectivity index (χ2v) is 9.21. The molecule has 1 aromatic heterocycles. The van der Waals surface area contributed by atoms with Crippen molar-refractivity contribution in [2.24, 2.45) is 0 Å². The third-order valence-electron chi connectivity index (χ3n) is 6.74. The van der Waals surface area contributed by atoms with Crippen molar-refractivity contribution in [3.8, 4) is 17.2 Å². The van der Waals surface area contributed by atoms with Crippen LogP contribution in [0.25, 0.3) is 10.9 Å². The summed E-state index contributed by atoms with van der Waals surface area (Å²) in [5.74, 6) is 2.42. The number of piperazine rings is 1. The number of aryl methyl sites for hydroxylation is 1. The van der Waals surface area contributed by atoms with Crippen LogP contribution in [0.2, 0.25) is 0 Å². The van der Waals surface area contributed by atoms with E-state index in [4.69, 9.17) is 14.2 Å². The molecule has 2 aromatic carbocycles. The maximum Gasteiger partial charge on any atom is 0.231 e. The van der Waals surface area contributed by atoms with Crippen molar-refractivity contribution in [2.45, 2.75) is 39.8 Å². The molecule has 5 rings (SSSR count). The first-order valence-corrected chi connectivity index (χ1v) is 12.2. The van der Waals surface area contributed by atoms with Crippen molar-refractivity contribution in [2.75, 3.05) is 39.6 Å². The summed E-state index contributed by atoms with van der Waals surface area (Å²) in [5, 5.41) is 0.705. The molecule has 0 aliphatic carbocycles. The Morgan fingerprint density at radius 3 is 2.53 bits per heavy atom. The van der Waals surface area contributed by atoms with E-state index in [0.29, 0.717) is 25.3 Å². The van der Waals surface area contributed by atoms with E-state index in [1.54, 1.807) is 0 Å². The van der Waals surface area contributed by atoms with Gasteiger partial charge in [-0.05, 0) is 49.2 Å². The number of fused-ring (bicyclic) bond motifs is 2. The lowest BCUT2D eigenvalue weighted by molar-refractivity contribution is 0.121. The Hall–Kier alpha value is -3.03. The number of aromatic amines is 1. The molecular formula is C27H33N3O4. The molecule has 34 heavy (non-hydrogen) atoms. The van der Waals surface area contributed by atoms with Gasteiger partial charge in [0.15, 0.2) is 16.9 Å². The maximum atomic E-state index is 13.4. The van der Waals surface area contributed by atoms with E-state index in [2.05, 4.69) is 33.8 Å². The van der Waals surface area contributed by atoms with Crippen molar-refractivity contribution >= 4 is 10.9 Å². The molecule has 1 N–H and O–H groups in total. The van der Waals surface area contributed by atoms with Gasteiger partial charge in [-0.25, -0.2) is 0 Å². The topological polar surface area (TPSA) is 67.0 Å². The highest BCUT2D eigenvalue weighted by atomic mass is 16.7. The maximum absolute atomic E-state index is 13.4. The number of benzene rings is 2. The Kier molecular flexibility index (Phi) is 6.74. The van der Waals surface area contributed by atoms with Gasteiger partial charge in [0.1, 0.15) is 5.75 Å². The molecule has 3 aromatic rings. The predicted octanol–water partition coefficient (Wildman–Crippen LogP) is 4.06. The largest absolute Gasteiger partial charge is 0.494 e. The molecule has 3 heterocycles. The highest BCUT2D eigenvalue weighted by Crippen LogP contribution is 2.33. The number of hydrogen-bond donors (Lipinski definition) is 1. The van der Waals surface area contributed by atoms with Gasteiger partial charge in [-0.3, -0.25) is 14.6 Å². The van der Waals surface area contributed by atoms with Crippen LogP contribution in [0.5, 0.6) is 17.2 Å². The van der Waals surface area contributed by atoms with E-state index in [0.717, 1.165) is 79.6 Å². The summed E-state index contributed by atoms with van der Waals surface area (Å²) in [6.45, 7) is 10.5. The van der Waals surface area contributed by atoms with Crippen LogP contribution in [-0.2, 0) is 13.1 Å². The average Bonchev–Trinajstić information content (AvgIpc) is 3.31. The minimum atomic E-state index is 0.106. The lowest BCUT2D eigenvalue weighted by atomic mass is 10.1. The summed E-state index contributed by atoms with van der Waals surface area (Å²) in [5.41, 5.74) is 4.00. The van der Waals surface area contributed by atoms with E-state index in [9.17, 15) is 4.79 Å². The Bertz CT molecular complexity index is 1210. The lowest BCUT2D eigenvalue weighted by Gasteiger charge is -2.34. The molecule has 0 atom stereocenters. The van der Waals surface area contributed by atoms with Crippen molar-refractivity contribution < 1.29 is 14.2 Å². The summed E-state index contributed by atoms with van der Waals surface area (Å²) in [7, 11) is 0. The summed E-state index contributed by atoms with van der Waals surface area (Å²) >= 11 is 0. The van der Waals surface area contributed by atoms with E-state index in [1.165, 1.54) is 5.56 Å². The van der Waals surface area contributed by atoms with Crippen LogP contribution in [0.1, 0.15) is 36.6 Å². The lowest BCUT2D eigenvalue weighted by Crippen LogP contribution is -2.46. The first kappa shape index (κ1) is 22.7. The fraction of sp³-hybridized carbons (Fsp3) is 0.444. The fourth-order valence-corrected chi connectivity index (χ4v) is 4.67. The van der Waals surface area contributed by atoms with Crippen molar-refractivity contribution in [1.29, 1.82) is 0 Å². The number of pyridine rings is 1. The van der Waals surface area contributed by atoms with Gasteiger partial charge in [0.25, 0.3) is 0 Å². The van der Waals surface area contributed by atoms with Gasteiger partial charge < -0.3 is 19.2 Å². The Morgan fingerprint density at radius 1 is 0.971 bits per heavy atom. The zero-order valence-electron chi connectivity index (χ0n) is 20.1. The molecule has 0 spiro atoms. The molecule has 2 aliphatic rings. The fourth-order valence-electron chi connectivity index (χ4n) is 4.67. The first-order chi connectivity index (χ1) is 16.6. The molecule has 0 bridgehead atoms. The first-order valence-electron chi connectivity index (χ1n) is 12.2. The van der Waals surface area contributed by atoms with Gasteiger partial charge in [-0.15, -0.1) is 0 Å². The Labute approximate surface area is 200 Å². The number of H-pyrrole nitrogens is 1. The number of aromatic nitrogens is 1. The molecule has 0 amide bonds. The average molecular weight is 464 g/mol. The van der Waals surface area contributed by atoms with Crippen LogP contribution < -0.4 is 19.6 Å². The highest BCUT2D eigenvalue weighted by molar-refractivity contribution is 5.81. The highest BCUT2D eigenvalue weighted by Gasteiger charge is 2.21. The van der Waals surface area contributed by atoms with Gasteiger partial charge >= 0.3 is 0 Å². The van der Waals surface area contributed by atoms with E-state index in [1.807, 2.05) is 31.2 Å². The van der Waals surface area contributed by atoms with Gasteiger partial charge in [0.05, 0.1) is 6.61 Å². The van der Waals surface area contributed by atoms with Gasteiger partial charge in [-0.1, -0.05) is 19.4 Å². The standard InChI is InChI=1S/C27H33N3O4/c1-3-4-13-32-21-6-7-24-22(15-21)27(31)23(19(2)28-24)17-30-11-9-29(10-12-30)16-20-5-8-25-26(14-20)34-18-33-25/h5-8,14-15H,3-4,9-13,16-18H2,1-2H3,(H,28,31). The van der Waals surface area contributed by atoms with Crippen molar-refractivity contribution in [3.63, 3.8) is 0 Å². The number of rotatable bonds is 8. The zero-order chi connectivity index (χ0) is 23.5. The van der Waals surface area contributed by atoms with Crippen LogP contribution in [0, 0.1) is 6.92 Å². The minimum Gasteiger partial charge on any atom is -0.494 e. The molecule has 1 fully saturated rings. The van der Waals surface area contributed by atoms with Crippen LogP contribution in [-0.4, -0.2) is 54.4 Å². The number of nitrogens with one attached hydrogen (secondary N) is 1. The molecule has 180 valence electrons. The third kappa shape index (κ3) is 4.91. The summed E-state index contributed by atoms with van der Waals surface area (Å²) in [4.78, 5) is 21.6. The minimum absolute atomic E-state index is 0.106. The van der Waals surface area contributed by atoms with Gasteiger partial charge in [-0.2, -0.15) is 0 Å². The summed E-state index contributed by atoms with van der Waals surface area (Å²) in [6.07, 6.45) is 2.09. The number of ether oxygens (including phenoxy) is 3. The van der Waals surface area contributed by atoms with Gasteiger partial charge in [0.2, 0.25) is 6.79 Å². The number of nitrogens with zero attached hydrogens (tertiary/aromatic N) is 2. The molecular weight excluding hydrogens is 430 g/mol. The molecule has 7 nitrogen and oxygen atoms in total. The molecule has 1 saturated heterocycles. The van der Waals surface area contributed by atoms with Crippen LogP contribution in [0.15, 0.2) is 41.2 Å². The van der Waals surface area contributed by atoms with Crippen molar-refractivity contribution in [3.05, 3.63) is 63.4 Å². The van der Waals surface area contributed by atoms with Crippen LogP contribution in [0.3, 0.4) is 0 Å². The summed E-state index contributed by atoms with van der Waals surface area (Å²) in [6, 6.07) is 11.9. The second-order valence-electron chi connectivity index (χ2n) is 9.21. The van der Waals surface area contributed by atoms with E-state index in [-0.39, 0.29) is 5.43 Å². The molecule has 0 saturated carbocycles. The van der Waals surface area contributed by atoms with Crippen molar-refractivity contribution in [1.82, 2.24) is 14.8 Å². The monoisotopic (exact) mass is 463 g/mol. The van der Waals surface area contributed by atoms with E-state index >= 15 is 0 Å². The number of unbranched alkanes of at least 4 members (excludes halogenated alkanes) is 1. The predicted molar refractivity (Wildman–Crippen MR) is 133 cm³/mol. The molecule has 0 unspecified atom stereocenters. The zero-order valence-corrected chi connectivity index (χ0v) is 20.1. The third-order valence-corrected chi connectivity index (χ3v) is 6.74. The summed E-state index contributed by atoms with van der Waals surface area (Å²) < 4.78 is 16.7. The number of hydrogen-bond acceptors (Lipinski definition) is 6. The Balaban J connectivity index is 1.23. The molecule has 2 aliphatic heterocycles. The second kappa shape index (κ2) is 10.1. The molecule has 0 radical (unpaired) electrons. The van der Waals surface area contributed by atoms with Gasteiger partial charge in [0, 0.05) is 61.4 Å². The Morgan fingerprint density at radius 2 is 1.74 bits per heavy atom. The van der Waals surface area contributed by atoms with Crippen LogP contribution in [0.4, 0.5) is 0 Å². The normalized spacial score (nSPS) is 16.3. The smallest absolute Gasteiger partial charge is 0.231 e.